The lowest BCUT2D eigenvalue weighted by Crippen LogP contribution is -2.17. The third kappa shape index (κ3) is 6.06. The van der Waals surface area contributed by atoms with Gasteiger partial charge in [-0.25, -0.2) is 0 Å². The lowest BCUT2D eigenvalue weighted by molar-refractivity contribution is -0.119. The molecule has 0 aliphatic rings. The quantitative estimate of drug-likeness (QED) is 0.485. The molecule has 2 rings (SSSR count). The number of carbonyl (C=O) groups excluding carboxylic acids is 2. The highest BCUT2D eigenvalue weighted by Crippen LogP contribution is 2.23. The summed E-state index contributed by atoms with van der Waals surface area (Å²) in [4.78, 5) is 24.4. The lowest BCUT2D eigenvalue weighted by Gasteiger charge is -2.17. The molecule has 0 fully saturated rings. The number of aryl methyl sites for hydroxylation is 1. The average Bonchev–Trinajstić information content (AvgIpc) is 3.00. The van der Waals surface area contributed by atoms with E-state index in [9.17, 15) is 14.9 Å². The molecule has 7 heteroatoms. The summed E-state index contributed by atoms with van der Waals surface area (Å²) >= 11 is 0. The zero-order chi connectivity index (χ0) is 23.1. The summed E-state index contributed by atoms with van der Waals surface area (Å²) in [6.45, 7) is 10.2. The molecule has 2 amide bonds. The van der Waals surface area contributed by atoms with E-state index in [2.05, 4.69) is 22.1 Å². The Balaban J connectivity index is 2.17. The molecular weight excluding hydrogens is 392 g/mol. The fourth-order valence-electron chi connectivity index (χ4n) is 3.37. The van der Waals surface area contributed by atoms with Gasteiger partial charge in [-0.3, -0.25) is 9.59 Å². The normalized spacial score (nSPS) is 12.4. The Morgan fingerprint density at radius 2 is 1.71 bits per heavy atom. The molecule has 1 aromatic heterocycles. The van der Waals surface area contributed by atoms with Gasteiger partial charge < -0.3 is 19.9 Å². The van der Waals surface area contributed by atoms with Crippen LogP contribution in [0.25, 0.3) is 6.08 Å². The number of rotatable bonds is 8. The highest BCUT2D eigenvalue weighted by molar-refractivity contribution is 6.09. The summed E-state index contributed by atoms with van der Waals surface area (Å²) in [7, 11) is 1.66. The van der Waals surface area contributed by atoms with Gasteiger partial charge in [-0.1, -0.05) is 13.8 Å². The Morgan fingerprint density at radius 3 is 2.23 bits per heavy atom. The molecule has 1 atom stereocenters. The maximum absolute atomic E-state index is 12.6. The molecule has 0 saturated heterocycles. The molecule has 0 aliphatic carbocycles. The monoisotopic (exact) mass is 422 g/mol. The van der Waals surface area contributed by atoms with Crippen LogP contribution >= 0.6 is 0 Å². The van der Waals surface area contributed by atoms with Gasteiger partial charge >= 0.3 is 0 Å². The molecule has 7 nitrogen and oxygen atoms in total. The number of nitrogens with zero attached hydrogens (tertiary/aromatic N) is 2. The van der Waals surface area contributed by atoms with E-state index in [1.165, 1.54) is 0 Å². The van der Waals surface area contributed by atoms with Crippen LogP contribution in [0.1, 0.15) is 43.8 Å². The maximum atomic E-state index is 12.6. The number of aromatic nitrogens is 1. The van der Waals surface area contributed by atoms with Crippen molar-refractivity contribution in [2.24, 2.45) is 5.92 Å². The minimum absolute atomic E-state index is 0.0110. The molecular formula is C24H30N4O3. The van der Waals surface area contributed by atoms with E-state index in [-0.39, 0.29) is 23.4 Å². The van der Waals surface area contributed by atoms with Gasteiger partial charge in [0.25, 0.3) is 5.91 Å². The van der Waals surface area contributed by atoms with E-state index in [1.54, 1.807) is 37.5 Å². The predicted molar refractivity (Wildman–Crippen MR) is 123 cm³/mol. The van der Waals surface area contributed by atoms with Gasteiger partial charge in [0.15, 0.2) is 0 Å². The van der Waals surface area contributed by atoms with Crippen LogP contribution in [0.3, 0.4) is 0 Å². The van der Waals surface area contributed by atoms with Crippen molar-refractivity contribution in [3.63, 3.8) is 0 Å². The molecule has 0 radical (unpaired) electrons. The number of carbonyl (C=O) groups is 2. The molecule has 1 unspecified atom stereocenters. The summed E-state index contributed by atoms with van der Waals surface area (Å²) in [6.07, 6.45) is 1.60. The first-order valence-corrected chi connectivity index (χ1v) is 10.2. The maximum Gasteiger partial charge on any atom is 0.266 e. The van der Waals surface area contributed by atoms with Gasteiger partial charge in [0.1, 0.15) is 11.6 Å². The molecule has 0 spiro atoms. The Bertz CT molecular complexity index is 1010. The minimum atomic E-state index is -0.490. The van der Waals surface area contributed by atoms with Crippen molar-refractivity contribution in [3.05, 3.63) is 52.9 Å². The van der Waals surface area contributed by atoms with Gasteiger partial charge in [-0.05, 0) is 62.7 Å². The zero-order valence-electron chi connectivity index (χ0n) is 18.9. The van der Waals surface area contributed by atoms with Crippen molar-refractivity contribution in [2.75, 3.05) is 24.4 Å². The second-order valence-corrected chi connectivity index (χ2v) is 7.85. The van der Waals surface area contributed by atoms with Crippen molar-refractivity contribution < 1.29 is 14.3 Å². The molecule has 1 heterocycles. The smallest absolute Gasteiger partial charge is 0.266 e. The summed E-state index contributed by atoms with van der Waals surface area (Å²) < 4.78 is 7.38. The van der Waals surface area contributed by atoms with Crippen LogP contribution in [0.15, 0.2) is 35.9 Å². The van der Waals surface area contributed by atoms with Crippen LogP contribution in [0, 0.1) is 31.1 Å². The fourth-order valence-corrected chi connectivity index (χ4v) is 3.37. The number of benzene rings is 1. The van der Waals surface area contributed by atoms with Crippen molar-refractivity contribution in [1.82, 2.24) is 4.57 Å². The van der Waals surface area contributed by atoms with E-state index < -0.39 is 5.91 Å². The Hall–Kier alpha value is -3.37. The molecule has 0 saturated carbocycles. The number of hydrogen-bond acceptors (Lipinski definition) is 4. The molecule has 0 bridgehead atoms. The van der Waals surface area contributed by atoms with E-state index >= 15 is 0 Å². The van der Waals surface area contributed by atoms with Crippen LogP contribution < -0.4 is 10.6 Å². The Kier molecular flexibility index (Phi) is 8.17. The lowest BCUT2D eigenvalue weighted by atomic mass is 10.1. The number of methoxy groups -OCH3 is 1. The van der Waals surface area contributed by atoms with Gasteiger partial charge in [0.05, 0.1) is 12.6 Å². The van der Waals surface area contributed by atoms with Gasteiger partial charge in [-0.2, -0.15) is 5.26 Å². The summed E-state index contributed by atoms with van der Waals surface area (Å²) in [5, 5.41) is 15.1. The van der Waals surface area contributed by atoms with Crippen molar-refractivity contribution in [3.8, 4) is 6.07 Å². The Labute approximate surface area is 183 Å². The summed E-state index contributed by atoms with van der Waals surface area (Å²) in [6, 6.07) is 10.9. The summed E-state index contributed by atoms with van der Waals surface area (Å²) in [5.74, 6) is -0.692. The Morgan fingerprint density at radius 1 is 1.13 bits per heavy atom. The average molecular weight is 423 g/mol. The van der Waals surface area contributed by atoms with Crippen molar-refractivity contribution >= 4 is 29.3 Å². The van der Waals surface area contributed by atoms with E-state index in [0.29, 0.717) is 18.0 Å². The van der Waals surface area contributed by atoms with E-state index in [4.69, 9.17) is 4.74 Å². The number of nitriles is 1. The number of amides is 2. The van der Waals surface area contributed by atoms with Crippen LogP contribution in [0.2, 0.25) is 0 Å². The third-order valence-corrected chi connectivity index (χ3v) is 4.97. The summed E-state index contributed by atoms with van der Waals surface area (Å²) in [5.41, 5.74) is 4.01. The van der Waals surface area contributed by atoms with Gasteiger partial charge in [0, 0.05) is 35.8 Å². The van der Waals surface area contributed by atoms with Crippen LogP contribution in [-0.4, -0.2) is 30.1 Å². The van der Waals surface area contributed by atoms with Crippen LogP contribution in [0.5, 0.6) is 0 Å². The van der Waals surface area contributed by atoms with E-state index in [1.807, 2.05) is 39.8 Å². The standard InChI is InChI=1S/C24H30N4O3/c1-15(2)23(29)26-21-7-9-22(10-8-21)27-24(30)20(13-25)12-19-11-16(3)28(18(19)5)17(4)14-31-6/h7-12,15,17H,14H2,1-6H3,(H,26,29)(H,27,30)/b20-12+. The van der Waals surface area contributed by atoms with Gasteiger partial charge in [-0.15, -0.1) is 0 Å². The van der Waals surface area contributed by atoms with Crippen LogP contribution in [-0.2, 0) is 14.3 Å². The van der Waals surface area contributed by atoms with E-state index in [0.717, 1.165) is 17.0 Å². The number of anilines is 2. The molecule has 31 heavy (non-hydrogen) atoms. The first-order chi connectivity index (χ1) is 14.7. The highest BCUT2D eigenvalue weighted by Gasteiger charge is 2.16. The van der Waals surface area contributed by atoms with Crippen molar-refractivity contribution in [1.29, 1.82) is 5.26 Å². The molecule has 2 aromatic rings. The zero-order valence-corrected chi connectivity index (χ0v) is 18.9. The van der Waals surface area contributed by atoms with Crippen LogP contribution in [0.4, 0.5) is 11.4 Å². The predicted octanol–water partition coefficient (Wildman–Crippen LogP) is 4.45. The largest absolute Gasteiger partial charge is 0.383 e. The topological polar surface area (TPSA) is 96.2 Å². The molecule has 1 aromatic carbocycles. The van der Waals surface area contributed by atoms with Gasteiger partial charge in [0.2, 0.25) is 5.91 Å². The second kappa shape index (κ2) is 10.6. The SMILES string of the molecule is COCC(C)n1c(C)cc(/C=C(\C#N)C(=O)Nc2ccc(NC(=O)C(C)C)cc2)c1C. The minimum Gasteiger partial charge on any atom is -0.383 e. The van der Waals surface area contributed by atoms with Crippen molar-refractivity contribution in [2.45, 2.75) is 40.7 Å². The number of nitrogens with one attached hydrogen (secondary N) is 2. The molecule has 164 valence electrons. The highest BCUT2D eigenvalue weighted by atomic mass is 16.5. The molecule has 0 aliphatic heterocycles. The third-order valence-electron chi connectivity index (χ3n) is 4.97. The first kappa shape index (κ1) is 23.9. The number of hydrogen-bond donors (Lipinski definition) is 2. The second-order valence-electron chi connectivity index (χ2n) is 7.85. The fraction of sp³-hybridized carbons (Fsp3) is 0.375. The first-order valence-electron chi connectivity index (χ1n) is 10.2. The molecule has 2 N–H and O–H groups in total. The number of ether oxygens (including phenoxy) is 1.